The summed E-state index contributed by atoms with van der Waals surface area (Å²) in [6.07, 6.45) is 0.487. The number of likely N-dealkylation sites (tertiary alicyclic amines) is 1. The third-order valence-electron chi connectivity index (χ3n) is 1.50. The number of amides is 1. The van der Waals surface area contributed by atoms with Crippen molar-refractivity contribution in [2.45, 2.75) is 12.5 Å². The SMILES string of the molecule is COC1C[CH]N(C)C1=O. The van der Waals surface area contributed by atoms with Gasteiger partial charge in [0.05, 0.1) is 6.54 Å². The second-order valence-corrected chi connectivity index (χ2v) is 2.09. The number of carbonyl (C=O) groups excluding carboxylic acids is 1. The molecule has 0 aromatic carbocycles. The van der Waals surface area contributed by atoms with Crippen LogP contribution < -0.4 is 0 Å². The molecule has 0 saturated carbocycles. The molecule has 3 heteroatoms. The molecule has 1 amide bonds. The first-order valence-corrected chi connectivity index (χ1v) is 2.88. The molecule has 9 heavy (non-hydrogen) atoms. The second-order valence-electron chi connectivity index (χ2n) is 2.09. The van der Waals surface area contributed by atoms with Crippen molar-refractivity contribution in [2.24, 2.45) is 0 Å². The summed E-state index contributed by atoms with van der Waals surface area (Å²) in [5, 5.41) is 0. The minimum atomic E-state index is -0.227. The molecule has 3 nitrogen and oxygen atoms in total. The van der Waals surface area contributed by atoms with Crippen molar-refractivity contribution in [3.63, 3.8) is 0 Å². The number of ether oxygens (including phenoxy) is 1. The Hall–Kier alpha value is -0.570. The lowest BCUT2D eigenvalue weighted by Gasteiger charge is -2.06. The van der Waals surface area contributed by atoms with Crippen LogP contribution in [-0.4, -0.2) is 31.1 Å². The maximum Gasteiger partial charge on any atom is 0.251 e. The van der Waals surface area contributed by atoms with E-state index in [0.29, 0.717) is 6.42 Å². The summed E-state index contributed by atoms with van der Waals surface area (Å²) < 4.78 is 4.87. The van der Waals surface area contributed by atoms with Crippen LogP contribution in [0.25, 0.3) is 0 Å². The molecule has 1 rings (SSSR count). The van der Waals surface area contributed by atoms with Gasteiger partial charge in [-0.25, -0.2) is 0 Å². The molecule has 0 spiro atoms. The van der Waals surface area contributed by atoms with Gasteiger partial charge in [0.15, 0.2) is 0 Å². The molecule has 1 unspecified atom stereocenters. The van der Waals surface area contributed by atoms with Gasteiger partial charge in [-0.2, -0.15) is 0 Å². The Kier molecular flexibility index (Phi) is 1.71. The molecule has 1 aliphatic rings. The van der Waals surface area contributed by atoms with E-state index in [9.17, 15) is 4.79 Å². The summed E-state index contributed by atoms with van der Waals surface area (Å²) in [4.78, 5) is 12.5. The van der Waals surface area contributed by atoms with E-state index in [4.69, 9.17) is 4.74 Å². The molecule has 1 aliphatic heterocycles. The molecule has 1 radical (unpaired) electrons. The average molecular weight is 128 g/mol. The monoisotopic (exact) mass is 128 g/mol. The predicted molar refractivity (Wildman–Crippen MR) is 32.5 cm³/mol. The van der Waals surface area contributed by atoms with Gasteiger partial charge in [0.2, 0.25) is 0 Å². The van der Waals surface area contributed by atoms with Gasteiger partial charge in [0.1, 0.15) is 6.10 Å². The summed E-state index contributed by atoms with van der Waals surface area (Å²) in [5.41, 5.74) is 0. The van der Waals surface area contributed by atoms with E-state index in [2.05, 4.69) is 0 Å². The minimum Gasteiger partial charge on any atom is -0.372 e. The van der Waals surface area contributed by atoms with Crippen LogP contribution >= 0.6 is 0 Å². The summed E-state index contributed by atoms with van der Waals surface area (Å²) in [7, 11) is 3.29. The molecule has 0 N–H and O–H groups in total. The maximum atomic E-state index is 10.9. The van der Waals surface area contributed by atoms with E-state index in [-0.39, 0.29) is 12.0 Å². The van der Waals surface area contributed by atoms with Crippen molar-refractivity contribution in [1.29, 1.82) is 0 Å². The average Bonchev–Trinajstić information content (AvgIpc) is 2.15. The van der Waals surface area contributed by atoms with Crippen LogP contribution in [0.2, 0.25) is 0 Å². The topological polar surface area (TPSA) is 29.5 Å². The van der Waals surface area contributed by atoms with Crippen molar-refractivity contribution in [3.05, 3.63) is 6.54 Å². The first kappa shape index (κ1) is 6.55. The third-order valence-corrected chi connectivity index (χ3v) is 1.50. The van der Waals surface area contributed by atoms with Crippen molar-refractivity contribution < 1.29 is 9.53 Å². The van der Waals surface area contributed by atoms with Crippen LogP contribution in [0.3, 0.4) is 0 Å². The molecule has 51 valence electrons. The lowest BCUT2D eigenvalue weighted by Crippen LogP contribution is -2.25. The van der Waals surface area contributed by atoms with Crippen LogP contribution in [0.15, 0.2) is 0 Å². The molecular formula is C6H10NO2. The highest BCUT2D eigenvalue weighted by atomic mass is 16.5. The van der Waals surface area contributed by atoms with Crippen molar-refractivity contribution in [2.75, 3.05) is 14.2 Å². The molecule has 1 fully saturated rings. The first-order valence-electron chi connectivity index (χ1n) is 2.88. The Labute approximate surface area is 54.6 Å². The Balaban J connectivity index is 2.51. The number of rotatable bonds is 1. The van der Waals surface area contributed by atoms with Gasteiger partial charge in [0.25, 0.3) is 5.91 Å². The number of carbonyl (C=O) groups is 1. The lowest BCUT2D eigenvalue weighted by molar-refractivity contribution is -0.134. The molecule has 0 aliphatic carbocycles. The third kappa shape index (κ3) is 1.05. The molecule has 0 aromatic rings. The molecule has 0 aromatic heterocycles. The van der Waals surface area contributed by atoms with E-state index in [1.807, 2.05) is 6.54 Å². The number of nitrogens with zero attached hydrogens (tertiary/aromatic N) is 1. The number of likely N-dealkylation sites (N-methyl/N-ethyl adjacent to an activating group) is 1. The lowest BCUT2D eigenvalue weighted by atomic mass is 10.3. The fraction of sp³-hybridized carbons (Fsp3) is 0.667. The van der Waals surface area contributed by atoms with Crippen molar-refractivity contribution >= 4 is 5.91 Å². The van der Waals surface area contributed by atoms with Gasteiger partial charge in [0, 0.05) is 20.6 Å². The second kappa shape index (κ2) is 2.35. The Bertz CT molecular complexity index is 124. The van der Waals surface area contributed by atoms with Crippen molar-refractivity contribution in [1.82, 2.24) is 4.90 Å². The highest BCUT2D eigenvalue weighted by molar-refractivity contribution is 5.83. The van der Waals surface area contributed by atoms with E-state index in [0.717, 1.165) is 0 Å². The first-order chi connectivity index (χ1) is 4.25. The van der Waals surface area contributed by atoms with Gasteiger partial charge in [-0.05, 0) is 0 Å². The molecular weight excluding hydrogens is 118 g/mol. The zero-order chi connectivity index (χ0) is 6.85. The molecule has 1 heterocycles. The van der Waals surface area contributed by atoms with Gasteiger partial charge < -0.3 is 9.64 Å². The highest BCUT2D eigenvalue weighted by Crippen LogP contribution is 2.14. The van der Waals surface area contributed by atoms with E-state index in [1.165, 1.54) is 0 Å². The number of hydrogen-bond donors (Lipinski definition) is 0. The number of hydrogen-bond acceptors (Lipinski definition) is 2. The quantitative estimate of drug-likeness (QED) is 0.498. The molecule has 1 saturated heterocycles. The van der Waals surface area contributed by atoms with Gasteiger partial charge in [-0.15, -0.1) is 0 Å². The normalized spacial score (nSPS) is 27.6. The van der Waals surface area contributed by atoms with E-state index >= 15 is 0 Å². The molecule has 0 bridgehead atoms. The van der Waals surface area contributed by atoms with Crippen LogP contribution in [0.1, 0.15) is 6.42 Å². The highest BCUT2D eigenvalue weighted by Gasteiger charge is 2.28. The standard InChI is InChI=1S/C6H10NO2/c1-7-4-3-5(9-2)6(7)8/h4-5H,3H2,1-2H3. The summed E-state index contributed by atoms with van der Waals surface area (Å²) >= 11 is 0. The van der Waals surface area contributed by atoms with E-state index < -0.39 is 0 Å². The Morgan fingerprint density at radius 1 is 1.89 bits per heavy atom. The van der Waals surface area contributed by atoms with E-state index in [1.54, 1.807) is 19.1 Å². The van der Waals surface area contributed by atoms with Crippen molar-refractivity contribution in [3.8, 4) is 0 Å². The summed E-state index contributed by atoms with van der Waals surface area (Å²) in [5.74, 6) is 0.0532. The smallest absolute Gasteiger partial charge is 0.251 e. The molecule has 1 atom stereocenters. The maximum absolute atomic E-state index is 10.9. The zero-order valence-electron chi connectivity index (χ0n) is 5.63. The van der Waals surface area contributed by atoms with Crippen LogP contribution in [0, 0.1) is 6.54 Å². The minimum absolute atomic E-state index is 0.0532. The van der Waals surface area contributed by atoms with Gasteiger partial charge >= 0.3 is 0 Å². The summed E-state index contributed by atoms with van der Waals surface area (Å²) in [6.45, 7) is 1.83. The number of methoxy groups -OCH3 is 1. The van der Waals surface area contributed by atoms with Gasteiger partial charge in [-0.1, -0.05) is 0 Å². The Morgan fingerprint density at radius 3 is 2.78 bits per heavy atom. The van der Waals surface area contributed by atoms with Crippen LogP contribution in [0.5, 0.6) is 0 Å². The van der Waals surface area contributed by atoms with Crippen LogP contribution in [0.4, 0.5) is 0 Å². The zero-order valence-corrected chi connectivity index (χ0v) is 5.63. The Morgan fingerprint density at radius 2 is 2.56 bits per heavy atom. The largest absolute Gasteiger partial charge is 0.372 e. The summed E-state index contributed by atoms with van der Waals surface area (Å²) in [6, 6.07) is 0. The fourth-order valence-electron chi connectivity index (χ4n) is 0.869. The van der Waals surface area contributed by atoms with Gasteiger partial charge in [-0.3, -0.25) is 4.79 Å². The van der Waals surface area contributed by atoms with Crippen LogP contribution in [-0.2, 0) is 9.53 Å². The predicted octanol–water partition coefficient (Wildman–Crippen LogP) is 0.0253. The fourth-order valence-corrected chi connectivity index (χ4v) is 0.869.